The fourth-order valence-electron chi connectivity index (χ4n) is 1.60. The van der Waals surface area contributed by atoms with Crippen molar-refractivity contribution in [2.75, 3.05) is 7.11 Å². The molecule has 0 saturated heterocycles. The van der Waals surface area contributed by atoms with Crippen molar-refractivity contribution in [1.82, 2.24) is 5.32 Å². The average molecular weight is 298 g/mol. The van der Waals surface area contributed by atoms with Gasteiger partial charge in [0.2, 0.25) is 0 Å². The fraction of sp³-hybridized carbons (Fsp3) is 0.429. The van der Waals surface area contributed by atoms with Crippen molar-refractivity contribution in [2.45, 2.75) is 32.4 Å². The van der Waals surface area contributed by atoms with Crippen LogP contribution in [-0.4, -0.2) is 23.6 Å². The standard InChI is InChI=1S/C14H19FN2O2S/c1-4-14(2,19-3)13(18)17-8-10-6-5-9(12(16)20)7-11(10)15/h5-7H,4,8H2,1-3H3,(H2,16,20)(H,17,18). The summed E-state index contributed by atoms with van der Waals surface area (Å²) >= 11 is 4.78. The molecule has 4 nitrogen and oxygen atoms in total. The van der Waals surface area contributed by atoms with E-state index in [2.05, 4.69) is 5.32 Å². The third-order valence-electron chi connectivity index (χ3n) is 3.38. The van der Waals surface area contributed by atoms with E-state index in [1.165, 1.54) is 13.2 Å². The van der Waals surface area contributed by atoms with Gasteiger partial charge in [-0.1, -0.05) is 31.3 Å². The molecule has 1 atom stereocenters. The molecule has 1 unspecified atom stereocenters. The van der Waals surface area contributed by atoms with E-state index >= 15 is 0 Å². The molecule has 0 saturated carbocycles. The highest BCUT2D eigenvalue weighted by atomic mass is 32.1. The minimum absolute atomic E-state index is 0.0846. The van der Waals surface area contributed by atoms with Crippen LogP contribution in [0.15, 0.2) is 18.2 Å². The maximum absolute atomic E-state index is 13.8. The Morgan fingerprint density at radius 2 is 2.20 bits per heavy atom. The van der Waals surface area contributed by atoms with Crippen LogP contribution in [0.4, 0.5) is 4.39 Å². The molecule has 0 aliphatic carbocycles. The van der Waals surface area contributed by atoms with E-state index in [0.29, 0.717) is 17.5 Å². The number of nitrogens with one attached hydrogen (secondary N) is 1. The number of ether oxygens (including phenoxy) is 1. The second kappa shape index (κ2) is 6.76. The maximum Gasteiger partial charge on any atom is 0.252 e. The Balaban J connectivity index is 2.76. The molecule has 0 spiro atoms. The summed E-state index contributed by atoms with van der Waals surface area (Å²) in [6, 6.07) is 4.45. The molecule has 0 radical (unpaired) electrons. The third-order valence-corrected chi connectivity index (χ3v) is 3.62. The molecule has 0 aliphatic rings. The van der Waals surface area contributed by atoms with Crippen LogP contribution in [0.3, 0.4) is 0 Å². The first-order valence-corrected chi connectivity index (χ1v) is 6.66. The molecule has 20 heavy (non-hydrogen) atoms. The van der Waals surface area contributed by atoms with Crippen LogP contribution in [0.1, 0.15) is 31.4 Å². The van der Waals surface area contributed by atoms with Gasteiger partial charge in [-0.05, 0) is 19.4 Å². The molecule has 0 aliphatic heterocycles. The molecule has 0 fully saturated rings. The highest BCUT2D eigenvalue weighted by Crippen LogP contribution is 2.15. The van der Waals surface area contributed by atoms with Crippen LogP contribution in [0.5, 0.6) is 0 Å². The summed E-state index contributed by atoms with van der Waals surface area (Å²) in [5.74, 6) is -0.730. The largest absolute Gasteiger partial charge is 0.389 e. The van der Waals surface area contributed by atoms with Crippen molar-refractivity contribution in [2.24, 2.45) is 5.73 Å². The van der Waals surface area contributed by atoms with Gasteiger partial charge in [-0.2, -0.15) is 0 Å². The van der Waals surface area contributed by atoms with E-state index in [4.69, 9.17) is 22.7 Å². The monoisotopic (exact) mass is 298 g/mol. The first kappa shape index (κ1) is 16.5. The quantitative estimate of drug-likeness (QED) is 0.787. The minimum Gasteiger partial charge on any atom is -0.389 e. The van der Waals surface area contributed by atoms with Gasteiger partial charge in [-0.15, -0.1) is 0 Å². The molecule has 1 amide bonds. The number of methoxy groups -OCH3 is 1. The Labute approximate surface area is 123 Å². The molecule has 3 N–H and O–H groups in total. The van der Waals surface area contributed by atoms with E-state index in [-0.39, 0.29) is 17.4 Å². The number of thiocarbonyl (C=S) groups is 1. The van der Waals surface area contributed by atoms with Crippen LogP contribution in [0, 0.1) is 5.82 Å². The minimum atomic E-state index is -0.907. The number of benzene rings is 1. The van der Waals surface area contributed by atoms with Gasteiger partial charge in [0.25, 0.3) is 5.91 Å². The summed E-state index contributed by atoms with van der Waals surface area (Å²) in [7, 11) is 1.47. The number of carbonyl (C=O) groups is 1. The van der Waals surface area contributed by atoms with Crippen molar-refractivity contribution >= 4 is 23.1 Å². The molecule has 6 heteroatoms. The van der Waals surface area contributed by atoms with Gasteiger partial charge >= 0.3 is 0 Å². The fourth-order valence-corrected chi connectivity index (χ4v) is 1.73. The zero-order valence-electron chi connectivity index (χ0n) is 11.8. The van der Waals surface area contributed by atoms with Crippen LogP contribution in [0.25, 0.3) is 0 Å². The van der Waals surface area contributed by atoms with E-state index in [1.54, 1.807) is 19.1 Å². The number of carbonyl (C=O) groups excluding carboxylic acids is 1. The Morgan fingerprint density at radius 3 is 2.65 bits per heavy atom. The van der Waals surface area contributed by atoms with Gasteiger partial charge in [-0.25, -0.2) is 4.39 Å². The third kappa shape index (κ3) is 3.74. The molecule has 110 valence electrons. The van der Waals surface area contributed by atoms with Crippen molar-refractivity contribution in [1.29, 1.82) is 0 Å². The average Bonchev–Trinajstić information content (AvgIpc) is 2.44. The Kier molecular flexibility index (Phi) is 5.59. The number of halogens is 1. The van der Waals surface area contributed by atoms with Gasteiger partial charge in [0.05, 0.1) is 0 Å². The molecule has 1 rings (SSSR count). The molecule has 0 heterocycles. The van der Waals surface area contributed by atoms with E-state index in [1.807, 2.05) is 6.92 Å². The van der Waals surface area contributed by atoms with E-state index < -0.39 is 11.4 Å². The highest BCUT2D eigenvalue weighted by Gasteiger charge is 2.30. The van der Waals surface area contributed by atoms with Crippen LogP contribution >= 0.6 is 12.2 Å². The Morgan fingerprint density at radius 1 is 1.55 bits per heavy atom. The van der Waals surface area contributed by atoms with Gasteiger partial charge in [0.1, 0.15) is 16.4 Å². The van der Waals surface area contributed by atoms with Crippen molar-refractivity contribution in [3.05, 3.63) is 35.1 Å². The summed E-state index contributed by atoms with van der Waals surface area (Å²) < 4.78 is 19.0. The molecule has 1 aromatic rings. The molecule has 0 bridgehead atoms. The lowest BCUT2D eigenvalue weighted by Gasteiger charge is -2.25. The first-order chi connectivity index (χ1) is 9.34. The predicted octanol–water partition coefficient (Wildman–Crippen LogP) is 1.89. The lowest BCUT2D eigenvalue weighted by molar-refractivity contribution is -0.142. The number of hydrogen-bond acceptors (Lipinski definition) is 3. The molecule has 0 aromatic heterocycles. The summed E-state index contributed by atoms with van der Waals surface area (Å²) in [5.41, 5.74) is 5.35. The van der Waals surface area contributed by atoms with Crippen LogP contribution < -0.4 is 11.1 Å². The van der Waals surface area contributed by atoms with Crippen LogP contribution in [-0.2, 0) is 16.1 Å². The topological polar surface area (TPSA) is 64.3 Å². The summed E-state index contributed by atoms with van der Waals surface area (Å²) in [5, 5.41) is 2.66. The number of rotatable bonds is 6. The Bertz CT molecular complexity index is 516. The molecule has 1 aromatic carbocycles. The summed E-state index contributed by atoms with van der Waals surface area (Å²) in [6.07, 6.45) is 0.526. The zero-order chi connectivity index (χ0) is 15.3. The zero-order valence-corrected chi connectivity index (χ0v) is 12.6. The second-order valence-corrected chi connectivity index (χ2v) is 5.08. The van der Waals surface area contributed by atoms with E-state index in [0.717, 1.165) is 0 Å². The lowest BCUT2D eigenvalue weighted by atomic mass is 10.0. The van der Waals surface area contributed by atoms with Gasteiger partial charge in [0.15, 0.2) is 0 Å². The lowest BCUT2D eigenvalue weighted by Crippen LogP contribution is -2.45. The number of nitrogens with two attached hydrogens (primary N) is 1. The predicted molar refractivity (Wildman–Crippen MR) is 79.8 cm³/mol. The maximum atomic E-state index is 13.8. The van der Waals surface area contributed by atoms with Gasteiger partial charge in [0, 0.05) is 24.8 Å². The van der Waals surface area contributed by atoms with Crippen molar-refractivity contribution < 1.29 is 13.9 Å². The number of amides is 1. The van der Waals surface area contributed by atoms with Gasteiger partial charge in [-0.3, -0.25) is 4.79 Å². The van der Waals surface area contributed by atoms with Gasteiger partial charge < -0.3 is 15.8 Å². The number of hydrogen-bond donors (Lipinski definition) is 2. The van der Waals surface area contributed by atoms with Crippen LogP contribution in [0.2, 0.25) is 0 Å². The molecular weight excluding hydrogens is 279 g/mol. The van der Waals surface area contributed by atoms with Crippen molar-refractivity contribution in [3.8, 4) is 0 Å². The van der Waals surface area contributed by atoms with Crippen molar-refractivity contribution in [3.63, 3.8) is 0 Å². The van der Waals surface area contributed by atoms with E-state index in [9.17, 15) is 9.18 Å². The Hall–Kier alpha value is -1.53. The summed E-state index contributed by atoms with van der Waals surface area (Å²) in [6.45, 7) is 3.62. The summed E-state index contributed by atoms with van der Waals surface area (Å²) in [4.78, 5) is 12.1. The highest BCUT2D eigenvalue weighted by molar-refractivity contribution is 7.80. The first-order valence-electron chi connectivity index (χ1n) is 6.25. The smallest absolute Gasteiger partial charge is 0.252 e. The molecular formula is C14H19FN2O2S. The normalized spacial score (nSPS) is 13.6. The second-order valence-electron chi connectivity index (χ2n) is 4.64. The SMILES string of the molecule is CCC(C)(OC)C(=O)NCc1ccc(C(N)=S)cc1F.